The summed E-state index contributed by atoms with van der Waals surface area (Å²) in [6.07, 6.45) is 7.22. The molecule has 27 heavy (non-hydrogen) atoms. The van der Waals surface area contributed by atoms with Gasteiger partial charge in [0.2, 0.25) is 0 Å². The molecule has 4 rings (SSSR count). The van der Waals surface area contributed by atoms with Gasteiger partial charge < -0.3 is 10.6 Å². The van der Waals surface area contributed by atoms with Crippen LogP contribution in [0.4, 0.5) is 0 Å². The first-order valence-electron chi connectivity index (χ1n) is 9.19. The van der Waals surface area contributed by atoms with Gasteiger partial charge in [0.1, 0.15) is 0 Å². The second kappa shape index (κ2) is 8.09. The molecule has 1 saturated heterocycles. The molecule has 1 fully saturated rings. The first-order valence-corrected chi connectivity index (χ1v) is 9.19. The van der Waals surface area contributed by atoms with Gasteiger partial charge >= 0.3 is 0 Å². The minimum atomic E-state index is -0.295. The summed E-state index contributed by atoms with van der Waals surface area (Å²) < 4.78 is 1.82. The minimum Gasteiger partial charge on any atom is -0.340 e. The van der Waals surface area contributed by atoms with Crippen LogP contribution in [0.1, 0.15) is 46.5 Å². The summed E-state index contributed by atoms with van der Waals surface area (Å²) in [7, 11) is 0. The van der Waals surface area contributed by atoms with Gasteiger partial charge in [-0.25, -0.2) is 4.68 Å². The van der Waals surface area contributed by atoms with Crippen molar-refractivity contribution in [1.29, 1.82) is 0 Å². The lowest BCUT2D eigenvalue weighted by molar-refractivity contribution is 0.0937. The molecule has 3 aromatic rings. The fraction of sp³-hybridized carbons (Fsp3) is 0.300. The maximum atomic E-state index is 12.8. The van der Waals surface area contributed by atoms with Crippen LogP contribution in [0, 0.1) is 0 Å². The number of nitrogens with one attached hydrogen (secondary N) is 2. The van der Waals surface area contributed by atoms with E-state index in [1.807, 2.05) is 47.1 Å². The van der Waals surface area contributed by atoms with Crippen molar-refractivity contribution >= 4 is 5.91 Å². The highest BCUT2D eigenvalue weighted by molar-refractivity contribution is 5.92. The van der Waals surface area contributed by atoms with Gasteiger partial charge in [0, 0.05) is 12.4 Å². The van der Waals surface area contributed by atoms with Crippen LogP contribution in [0.5, 0.6) is 0 Å². The van der Waals surface area contributed by atoms with E-state index >= 15 is 0 Å². The Labute approximate surface area is 157 Å². The topological polar surface area (TPSA) is 84.7 Å². The third-order valence-corrected chi connectivity index (χ3v) is 4.85. The molecule has 2 N–H and O–H groups in total. The van der Waals surface area contributed by atoms with E-state index in [0.717, 1.165) is 37.1 Å². The molecular formula is C20H22N6O. The Kier molecular flexibility index (Phi) is 5.20. The van der Waals surface area contributed by atoms with Crippen LogP contribution in [-0.4, -0.2) is 39.0 Å². The van der Waals surface area contributed by atoms with Crippen LogP contribution in [0.2, 0.25) is 0 Å². The second-order valence-corrected chi connectivity index (χ2v) is 6.67. The van der Waals surface area contributed by atoms with E-state index in [1.165, 1.54) is 0 Å². The Morgan fingerprint density at radius 3 is 2.63 bits per heavy atom. The average molecular weight is 362 g/mol. The summed E-state index contributed by atoms with van der Waals surface area (Å²) in [6, 6.07) is 13.7. The van der Waals surface area contributed by atoms with Gasteiger partial charge in [-0.3, -0.25) is 9.78 Å². The molecule has 0 aliphatic carbocycles. The molecule has 3 heterocycles. The summed E-state index contributed by atoms with van der Waals surface area (Å²) in [5, 5.41) is 14.7. The standard InChI is InChI=1S/C20H22N6O/c27-20(18-14-26(25-24-18)17-8-11-21-12-9-17)23-19(15-5-2-1-3-6-15)16-7-4-10-22-13-16/h1-7,10,13-14,17,19,21H,8-9,11-12H2,(H,23,27). The predicted molar refractivity (Wildman–Crippen MR) is 101 cm³/mol. The van der Waals surface area contributed by atoms with E-state index in [-0.39, 0.29) is 11.9 Å². The molecule has 1 atom stereocenters. The van der Waals surface area contributed by atoms with Crippen LogP contribution < -0.4 is 10.6 Å². The van der Waals surface area contributed by atoms with E-state index in [0.29, 0.717) is 11.7 Å². The van der Waals surface area contributed by atoms with E-state index in [9.17, 15) is 4.79 Å². The molecule has 138 valence electrons. The Balaban J connectivity index is 1.54. The number of piperidine rings is 1. The SMILES string of the molecule is O=C(NC(c1ccccc1)c1cccnc1)c1cn(C2CCNCC2)nn1. The molecule has 0 saturated carbocycles. The smallest absolute Gasteiger partial charge is 0.274 e. The maximum Gasteiger partial charge on any atom is 0.274 e. The Morgan fingerprint density at radius 2 is 1.89 bits per heavy atom. The number of hydrogen-bond acceptors (Lipinski definition) is 5. The molecule has 7 heteroatoms. The Morgan fingerprint density at radius 1 is 1.11 bits per heavy atom. The van der Waals surface area contributed by atoms with Crippen LogP contribution in [0.3, 0.4) is 0 Å². The summed E-state index contributed by atoms with van der Waals surface area (Å²) in [5.41, 5.74) is 2.24. The van der Waals surface area contributed by atoms with Crippen molar-refractivity contribution in [1.82, 2.24) is 30.6 Å². The van der Waals surface area contributed by atoms with Gasteiger partial charge in [-0.2, -0.15) is 0 Å². The Hall–Kier alpha value is -3.06. The maximum absolute atomic E-state index is 12.8. The van der Waals surface area contributed by atoms with Crippen molar-refractivity contribution in [2.45, 2.75) is 24.9 Å². The molecule has 1 aliphatic rings. The number of carbonyl (C=O) groups is 1. The number of pyridine rings is 1. The number of amides is 1. The normalized spacial score (nSPS) is 16.0. The molecule has 7 nitrogen and oxygen atoms in total. The zero-order chi connectivity index (χ0) is 18.5. The second-order valence-electron chi connectivity index (χ2n) is 6.67. The third kappa shape index (κ3) is 4.03. The molecule has 2 aromatic heterocycles. The lowest BCUT2D eigenvalue weighted by Crippen LogP contribution is -2.30. The largest absolute Gasteiger partial charge is 0.340 e. The first kappa shape index (κ1) is 17.4. The van der Waals surface area contributed by atoms with Crippen molar-refractivity contribution < 1.29 is 4.79 Å². The fourth-order valence-electron chi connectivity index (χ4n) is 3.39. The van der Waals surface area contributed by atoms with E-state index < -0.39 is 0 Å². The van der Waals surface area contributed by atoms with E-state index in [2.05, 4.69) is 25.9 Å². The van der Waals surface area contributed by atoms with Crippen LogP contribution in [0.25, 0.3) is 0 Å². The molecule has 1 unspecified atom stereocenters. The van der Waals surface area contributed by atoms with Crippen molar-refractivity contribution in [3.63, 3.8) is 0 Å². The van der Waals surface area contributed by atoms with Gasteiger partial charge in [-0.15, -0.1) is 5.10 Å². The van der Waals surface area contributed by atoms with Crippen molar-refractivity contribution in [2.75, 3.05) is 13.1 Å². The zero-order valence-electron chi connectivity index (χ0n) is 15.0. The molecule has 0 spiro atoms. The highest BCUT2D eigenvalue weighted by atomic mass is 16.2. The lowest BCUT2D eigenvalue weighted by atomic mass is 10.00. The third-order valence-electron chi connectivity index (χ3n) is 4.85. The minimum absolute atomic E-state index is 0.243. The van der Waals surface area contributed by atoms with Crippen LogP contribution in [-0.2, 0) is 0 Å². The molecule has 0 radical (unpaired) electrons. The van der Waals surface area contributed by atoms with Gasteiger partial charge in [0.05, 0.1) is 18.3 Å². The molecule has 1 amide bonds. The van der Waals surface area contributed by atoms with E-state index in [1.54, 1.807) is 18.6 Å². The Bertz CT molecular complexity index is 834. The summed E-state index contributed by atoms with van der Waals surface area (Å²) in [5.74, 6) is -0.243. The summed E-state index contributed by atoms with van der Waals surface area (Å²) >= 11 is 0. The number of rotatable bonds is 5. The average Bonchev–Trinajstić information content (AvgIpc) is 3.24. The predicted octanol–water partition coefficient (Wildman–Crippen LogP) is 2.12. The zero-order valence-corrected chi connectivity index (χ0v) is 15.0. The number of benzene rings is 1. The van der Waals surface area contributed by atoms with Crippen molar-refractivity contribution in [2.24, 2.45) is 0 Å². The highest BCUT2D eigenvalue weighted by Crippen LogP contribution is 2.22. The van der Waals surface area contributed by atoms with E-state index in [4.69, 9.17) is 0 Å². The van der Waals surface area contributed by atoms with Crippen LogP contribution in [0.15, 0.2) is 61.1 Å². The van der Waals surface area contributed by atoms with Crippen LogP contribution >= 0.6 is 0 Å². The summed E-state index contributed by atoms with van der Waals surface area (Å²) in [4.78, 5) is 17.0. The van der Waals surface area contributed by atoms with Gasteiger partial charge in [-0.05, 0) is 43.1 Å². The quantitative estimate of drug-likeness (QED) is 0.726. The highest BCUT2D eigenvalue weighted by Gasteiger charge is 2.22. The number of hydrogen-bond donors (Lipinski definition) is 2. The lowest BCUT2D eigenvalue weighted by Gasteiger charge is -2.22. The first-order chi connectivity index (χ1) is 13.3. The number of nitrogens with zero attached hydrogens (tertiary/aromatic N) is 4. The molecular weight excluding hydrogens is 340 g/mol. The fourth-order valence-corrected chi connectivity index (χ4v) is 3.39. The molecule has 0 bridgehead atoms. The van der Waals surface area contributed by atoms with Gasteiger partial charge in [0.15, 0.2) is 5.69 Å². The number of carbonyl (C=O) groups excluding carboxylic acids is 1. The van der Waals surface area contributed by atoms with Crippen molar-refractivity contribution in [3.05, 3.63) is 77.9 Å². The van der Waals surface area contributed by atoms with Crippen molar-refractivity contribution in [3.8, 4) is 0 Å². The van der Waals surface area contributed by atoms with Gasteiger partial charge in [0.25, 0.3) is 5.91 Å². The summed E-state index contributed by atoms with van der Waals surface area (Å²) in [6.45, 7) is 1.92. The number of aromatic nitrogens is 4. The van der Waals surface area contributed by atoms with Gasteiger partial charge in [-0.1, -0.05) is 41.6 Å². The molecule has 1 aromatic carbocycles. The monoisotopic (exact) mass is 362 g/mol. The molecule has 1 aliphatic heterocycles.